The first-order chi connectivity index (χ1) is 18.3. The van der Waals surface area contributed by atoms with E-state index in [9.17, 15) is 31.2 Å². The van der Waals surface area contributed by atoms with Crippen LogP contribution in [0, 0.1) is 0 Å². The Balaban J connectivity index is 1.52. The minimum absolute atomic E-state index is 0.0162. The van der Waals surface area contributed by atoms with E-state index in [2.05, 4.69) is 9.88 Å². The molecule has 206 valence electrons. The van der Waals surface area contributed by atoms with Crippen molar-refractivity contribution in [3.8, 4) is 0 Å². The average molecular weight is 561 g/mol. The third-order valence-electron chi connectivity index (χ3n) is 7.41. The number of nitrogens with zero attached hydrogens (tertiary/aromatic N) is 4. The van der Waals surface area contributed by atoms with Crippen molar-refractivity contribution in [2.75, 3.05) is 22.9 Å². The van der Waals surface area contributed by atoms with Crippen LogP contribution >= 0.6 is 0 Å². The number of urea groups is 1. The average Bonchev–Trinajstić information content (AvgIpc) is 3.07. The lowest BCUT2D eigenvalue weighted by molar-refractivity contribution is -0.123. The second-order valence-corrected chi connectivity index (χ2v) is 12.1. The molecule has 3 amide bonds. The van der Waals surface area contributed by atoms with Crippen LogP contribution < -0.4 is 9.80 Å². The van der Waals surface area contributed by atoms with Crippen molar-refractivity contribution in [3.63, 3.8) is 0 Å². The zero-order valence-corrected chi connectivity index (χ0v) is 22.2. The summed E-state index contributed by atoms with van der Waals surface area (Å²) >= 11 is 0. The van der Waals surface area contributed by atoms with Gasteiger partial charge in [-0.05, 0) is 63.4 Å². The molecule has 3 heterocycles. The van der Waals surface area contributed by atoms with Crippen LogP contribution in [0.5, 0.6) is 0 Å². The molecule has 0 atom stereocenters. The minimum atomic E-state index is -5.56. The molecule has 2 saturated heterocycles. The van der Waals surface area contributed by atoms with Gasteiger partial charge in [-0.15, -0.1) is 0 Å². The van der Waals surface area contributed by atoms with Crippen LogP contribution in [0.15, 0.2) is 59.6 Å². The predicted octanol–water partition coefficient (Wildman–Crippen LogP) is 5.27. The highest BCUT2D eigenvalue weighted by molar-refractivity contribution is 7.92. The maximum Gasteiger partial charge on any atom is 0.501 e. The SMILES string of the molecule is CC1(C)C(=O)N(c2ccc(S(=O)(=O)C(F)(F)F)cc2)C(=O)N1Cc1c(N2CCCCC2)cnc2ccccc12. The van der Waals surface area contributed by atoms with Gasteiger partial charge in [0.05, 0.1) is 34.5 Å². The number of aromatic nitrogens is 1. The number of amides is 3. The normalized spacial score (nSPS) is 18.3. The van der Waals surface area contributed by atoms with Crippen molar-refractivity contribution >= 4 is 44.1 Å². The van der Waals surface area contributed by atoms with Crippen LogP contribution in [0.3, 0.4) is 0 Å². The van der Waals surface area contributed by atoms with Gasteiger partial charge in [0.15, 0.2) is 0 Å². The molecule has 2 aromatic carbocycles. The number of halogens is 3. The van der Waals surface area contributed by atoms with Crippen LogP contribution in [-0.4, -0.2) is 54.4 Å². The first kappa shape index (κ1) is 26.9. The monoisotopic (exact) mass is 560 g/mol. The molecule has 0 spiro atoms. The number of piperidine rings is 1. The number of para-hydroxylation sites is 1. The maximum absolute atomic E-state index is 13.7. The quantitative estimate of drug-likeness (QED) is 0.395. The van der Waals surface area contributed by atoms with Gasteiger partial charge in [-0.25, -0.2) is 18.1 Å². The molecule has 1 aromatic heterocycles. The standard InChI is InChI=1S/C27H27F3N4O4S/c1-26(2)24(35)34(18-10-12-19(13-11-18)39(37,38)27(28,29)30)25(36)33(26)17-21-20-8-4-5-9-22(20)31-16-23(21)32-14-6-3-7-15-32/h4-5,8-13,16H,3,6-7,14-15,17H2,1-2H3. The topological polar surface area (TPSA) is 90.9 Å². The third kappa shape index (κ3) is 4.50. The van der Waals surface area contributed by atoms with Crippen molar-refractivity contribution in [1.29, 1.82) is 0 Å². The van der Waals surface area contributed by atoms with Gasteiger partial charge < -0.3 is 9.80 Å². The van der Waals surface area contributed by atoms with E-state index in [4.69, 9.17) is 0 Å². The van der Waals surface area contributed by atoms with Gasteiger partial charge in [-0.3, -0.25) is 9.78 Å². The maximum atomic E-state index is 13.7. The zero-order valence-electron chi connectivity index (χ0n) is 21.4. The van der Waals surface area contributed by atoms with E-state index in [1.54, 1.807) is 20.0 Å². The van der Waals surface area contributed by atoms with Gasteiger partial charge in [0, 0.05) is 24.0 Å². The number of hydrogen-bond acceptors (Lipinski definition) is 6. The molecule has 0 radical (unpaired) electrons. The van der Waals surface area contributed by atoms with E-state index < -0.39 is 37.7 Å². The number of hydrogen-bond donors (Lipinski definition) is 0. The molecular weight excluding hydrogens is 533 g/mol. The Labute approximate surface area is 223 Å². The van der Waals surface area contributed by atoms with E-state index in [-0.39, 0.29) is 12.2 Å². The molecule has 0 bridgehead atoms. The Bertz CT molecular complexity index is 1550. The summed E-state index contributed by atoms with van der Waals surface area (Å²) in [7, 11) is -5.56. The molecule has 2 aliphatic rings. The number of carbonyl (C=O) groups excluding carboxylic acids is 2. The fraction of sp³-hybridized carbons (Fsp3) is 0.370. The first-order valence-corrected chi connectivity index (χ1v) is 14.0. The third-order valence-corrected chi connectivity index (χ3v) is 8.91. The lowest BCUT2D eigenvalue weighted by Gasteiger charge is -2.33. The van der Waals surface area contributed by atoms with E-state index in [0.29, 0.717) is 0 Å². The zero-order chi connectivity index (χ0) is 28.2. The highest BCUT2D eigenvalue weighted by Gasteiger charge is 2.52. The van der Waals surface area contributed by atoms with Crippen LogP contribution in [0.1, 0.15) is 38.7 Å². The fourth-order valence-corrected chi connectivity index (χ4v) is 5.92. The van der Waals surface area contributed by atoms with E-state index in [0.717, 1.165) is 83.7 Å². The number of rotatable bonds is 5. The lowest BCUT2D eigenvalue weighted by atomic mass is 10.00. The van der Waals surface area contributed by atoms with Crippen molar-refractivity contribution < 1.29 is 31.2 Å². The van der Waals surface area contributed by atoms with E-state index >= 15 is 0 Å². The molecule has 8 nitrogen and oxygen atoms in total. The molecule has 2 aliphatic heterocycles. The number of sulfone groups is 1. The molecule has 12 heteroatoms. The fourth-order valence-electron chi connectivity index (χ4n) is 5.16. The number of benzene rings is 2. The molecule has 0 aliphatic carbocycles. The van der Waals surface area contributed by atoms with Crippen molar-refractivity contribution in [1.82, 2.24) is 9.88 Å². The smallest absolute Gasteiger partial charge is 0.370 e. The second-order valence-electron chi connectivity index (χ2n) is 10.2. The van der Waals surface area contributed by atoms with E-state index in [1.807, 2.05) is 24.3 Å². The first-order valence-electron chi connectivity index (χ1n) is 12.5. The summed E-state index contributed by atoms with van der Waals surface area (Å²) in [4.78, 5) is 35.4. The molecule has 39 heavy (non-hydrogen) atoms. The highest BCUT2D eigenvalue weighted by Crippen LogP contribution is 2.38. The summed E-state index contributed by atoms with van der Waals surface area (Å²) in [6, 6.07) is 10.5. The van der Waals surface area contributed by atoms with Crippen LogP contribution in [0.25, 0.3) is 10.9 Å². The Kier molecular flexibility index (Phi) is 6.56. The Hall–Kier alpha value is -3.67. The van der Waals surface area contributed by atoms with Gasteiger partial charge in [0.1, 0.15) is 5.54 Å². The predicted molar refractivity (Wildman–Crippen MR) is 140 cm³/mol. The molecule has 0 saturated carbocycles. The number of anilines is 2. The van der Waals surface area contributed by atoms with Crippen LogP contribution in [0.4, 0.5) is 29.3 Å². The van der Waals surface area contributed by atoms with Crippen molar-refractivity contribution in [3.05, 3.63) is 60.3 Å². The summed E-state index contributed by atoms with van der Waals surface area (Å²) in [5.41, 5.74) is -4.27. The van der Waals surface area contributed by atoms with Crippen molar-refractivity contribution in [2.24, 2.45) is 0 Å². The molecule has 0 N–H and O–H groups in total. The van der Waals surface area contributed by atoms with Crippen LogP contribution in [-0.2, 0) is 21.2 Å². The number of pyridine rings is 1. The molecule has 0 unspecified atom stereocenters. The number of fused-ring (bicyclic) bond motifs is 1. The van der Waals surface area contributed by atoms with Gasteiger partial charge in [0.25, 0.3) is 15.7 Å². The van der Waals surface area contributed by atoms with Gasteiger partial charge >= 0.3 is 11.5 Å². The number of alkyl halides is 3. The summed E-state index contributed by atoms with van der Waals surface area (Å²) in [5.74, 6) is -0.572. The lowest BCUT2D eigenvalue weighted by Crippen LogP contribution is -2.44. The molecule has 3 aromatic rings. The van der Waals surface area contributed by atoms with Gasteiger partial charge in [-0.1, -0.05) is 18.2 Å². The Morgan fingerprint density at radius 3 is 2.23 bits per heavy atom. The molecule has 2 fully saturated rings. The Morgan fingerprint density at radius 1 is 0.949 bits per heavy atom. The summed E-state index contributed by atoms with van der Waals surface area (Å²) in [6.07, 6.45) is 5.01. The summed E-state index contributed by atoms with van der Waals surface area (Å²) in [6.45, 7) is 5.02. The Morgan fingerprint density at radius 2 is 1.59 bits per heavy atom. The van der Waals surface area contributed by atoms with E-state index in [1.165, 1.54) is 4.90 Å². The molecule has 5 rings (SSSR count). The molecular formula is C27H27F3N4O4S. The summed E-state index contributed by atoms with van der Waals surface area (Å²) < 4.78 is 62.4. The number of imide groups is 1. The van der Waals surface area contributed by atoms with Gasteiger partial charge in [-0.2, -0.15) is 13.2 Å². The van der Waals surface area contributed by atoms with Gasteiger partial charge in [0.2, 0.25) is 0 Å². The van der Waals surface area contributed by atoms with Crippen LogP contribution in [0.2, 0.25) is 0 Å². The highest BCUT2D eigenvalue weighted by atomic mass is 32.2. The second kappa shape index (κ2) is 9.51. The minimum Gasteiger partial charge on any atom is -0.370 e. The van der Waals surface area contributed by atoms with Crippen molar-refractivity contribution in [2.45, 2.75) is 55.6 Å². The number of carbonyl (C=O) groups is 2. The largest absolute Gasteiger partial charge is 0.501 e. The summed E-state index contributed by atoms with van der Waals surface area (Å²) in [5, 5.41) is 0.858.